The number of nitrogens with zero attached hydrogens (tertiary/aromatic N) is 3. The lowest BCUT2D eigenvalue weighted by atomic mass is 10.2. The number of para-hydroxylation sites is 1. The summed E-state index contributed by atoms with van der Waals surface area (Å²) < 4.78 is 13.9. The topological polar surface area (TPSA) is 59.8 Å². The van der Waals surface area contributed by atoms with E-state index in [9.17, 15) is 5.11 Å². The van der Waals surface area contributed by atoms with Crippen LogP contribution in [0.1, 0.15) is 43.9 Å². The quantitative estimate of drug-likeness (QED) is 0.276. The van der Waals surface area contributed by atoms with Crippen LogP contribution in [0.25, 0.3) is 5.69 Å². The molecule has 1 N–H and O–H groups in total. The van der Waals surface area contributed by atoms with Crippen molar-refractivity contribution in [3.05, 3.63) is 70.9 Å². The summed E-state index contributed by atoms with van der Waals surface area (Å²) in [4.78, 5) is 2.32. The molecule has 1 aliphatic rings. The number of aliphatic hydroxyl groups excluding tert-OH is 1. The van der Waals surface area contributed by atoms with Gasteiger partial charge in [0.1, 0.15) is 5.75 Å². The summed E-state index contributed by atoms with van der Waals surface area (Å²) in [5.41, 5.74) is 2.80. The van der Waals surface area contributed by atoms with Crippen LogP contribution in [0.3, 0.4) is 0 Å². The highest BCUT2D eigenvalue weighted by molar-refractivity contribution is 6.30. The molecule has 1 saturated carbocycles. The number of aliphatic hydroxyl groups is 1. The van der Waals surface area contributed by atoms with Crippen LogP contribution in [-0.4, -0.2) is 52.2 Å². The molecule has 2 aromatic carbocycles. The van der Waals surface area contributed by atoms with Gasteiger partial charge < -0.3 is 14.6 Å². The molecule has 0 aliphatic heterocycles. The summed E-state index contributed by atoms with van der Waals surface area (Å²) in [7, 11) is 0. The fourth-order valence-electron chi connectivity index (χ4n) is 4.09. The van der Waals surface area contributed by atoms with Gasteiger partial charge in [-0.2, -0.15) is 5.10 Å². The van der Waals surface area contributed by atoms with E-state index >= 15 is 0 Å². The largest absolute Gasteiger partial charge is 0.439 e. The van der Waals surface area contributed by atoms with Crippen LogP contribution >= 0.6 is 11.6 Å². The zero-order valence-corrected chi connectivity index (χ0v) is 21.5. The molecule has 1 aromatic heterocycles. The highest BCUT2D eigenvalue weighted by Crippen LogP contribution is 2.34. The standard InChI is InChI=1S/C28H36ClN3O3/c1-3-4-16-34-20-25(33)18-31(17-22-10-11-22)19-27-21(2)30-32(24-14-12-23(29)13-15-24)28(27)35-26-8-6-5-7-9-26/h5-9,12-15,22,25,33H,3-4,10-11,16-20H2,1-2H3. The van der Waals surface area contributed by atoms with Crippen molar-refractivity contribution in [3.8, 4) is 17.3 Å². The molecule has 4 rings (SSSR count). The molecule has 0 saturated heterocycles. The zero-order chi connectivity index (χ0) is 24.6. The molecule has 0 amide bonds. The Morgan fingerprint density at radius 2 is 1.89 bits per heavy atom. The number of hydrogen-bond donors (Lipinski definition) is 1. The van der Waals surface area contributed by atoms with Gasteiger partial charge in [-0.05, 0) is 68.5 Å². The number of unbranched alkanes of at least 4 members (excludes halogenated alkanes) is 1. The van der Waals surface area contributed by atoms with E-state index in [1.807, 2.05) is 66.2 Å². The van der Waals surface area contributed by atoms with E-state index in [-0.39, 0.29) is 0 Å². The third kappa shape index (κ3) is 7.55. The second-order valence-corrected chi connectivity index (χ2v) is 9.83. The first-order chi connectivity index (χ1) is 17.0. The smallest absolute Gasteiger partial charge is 0.227 e. The van der Waals surface area contributed by atoms with Crippen LogP contribution in [0, 0.1) is 12.8 Å². The Morgan fingerprint density at radius 3 is 2.57 bits per heavy atom. The van der Waals surface area contributed by atoms with E-state index < -0.39 is 6.10 Å². The number of benzene rings is 2. The van der Waals surface area contributed by atoms with Gasteiger partial charge in [0.25, 0.3) is 0 Å². The van der Waals surface area contributed by atoms with Gasteiger partial charge in [0.2, 0.25) is 5.88 Å². The molecule has 1 fully saturated rings. The molecule has 1 aliphatic carbocycles. The molecule has 35 heavy (non-hydrogen) atoms. The minimum absolute atomic E-state index is 0.359. The molecule has 0 bridgehead atoms. The average Bonchev–Trinajstić information content (AvgIpc) is 3.62. The number of halogens is 1. The van der Waals surface area contributed by atoms with Crippen LogP contribution in [0.5, 0.6) is 11.6 Å². The van der Waals surface area contributed by atoms with Gasteiger partial charge in [0.05, 0.1) is 29.7 Å². The van der Waals surface area contributed by atoms with Crippen molar-refractivity contribution in [2.45, 2.75) is 52.2 Å². The normalized spacial score (nSPS) is 14.4. The van der Waals surface area contributed by atoms with Crippen molar-refractivity contribution in [3.63, 3.8) is 0 Å². The van der Waals surface area contributed by atoms with E-state index in [0.717, 1.165) is 42.1 Å². The first-order valence-electron chi connectivity index (χ1n) is 12.6. The summed E-state index contributed by atoms with van der Waals surface area (Å²) in [5, 5.41) is 16.2. The van der Waals surface area contributed by atoms with E-state index in [1.54, 1.807) is 0 Å². The zero-order valence-electron chi connectivity index (χ0n) is 20.7. The maximum Gasteiger partial charge on any atom is 0.227 e. The molecule has 7 heteroatoms. The van der Waals surface area contributed by atoms with E-state index in [4.69, 9.17) is 26.2 Å². The fourth-order valence-corrected chi connectivity index (χ4v) is 4.22. The molecule has 1 heterocycles. The van der Waals surface area contributed by atoms with Gasteiger partial charge >= 0.3 is 0 Å². The van der Waals surface area contributed by atoms with E-state index in [0.29, 0.717) is 43.1 Å². The molecule has 0 spiro atoms. The molecule has 188 valence electrons. The molecule has 0 radical (unpaired) electrons. The summed E-state index contributed by atoms with van der Waals surface area (Å²) in [5.74, 6) is 2.13. The number of ether oxygens (including phenoxy) is 2. The highest BCUT2D eigenvalue weighted by Gasteiger charge is 2.28. The number of rotatable bonds is 14. The SMILES string of the molecule is CCCCOCC(O)CN(Cc1c(C)nn(-c2ccc(Cl)cc2)c1Oc1ccccc1)CC1CC1. The Balaban J connectivity index is 1.58. The Kier molecular flexibility index (Phi) is 9.21. The molecular weight excluding hydrogens is 462 g/mol. The third-order valence-electron chi connectivity index (χ3n) is 6.18. The summed E-state index contributed by atoms with van der Waals surface area (Å²) in [6.07, 6.45) is 4.06. The fraction of sp³-hybridized carbons (Fsp3) is 0.464. The second kappa shape index (κ2) is 12.5. The second-order valence-electron chi connectivity index (χ2n) is 9.39. The summed E-state index contributed by atoms with van der Waals surface area (Å²) in [6.45, 7) is 7.35. The third-order valence-corrected chi connectivity index (χ3v) is 6.43. The molecule has 3 aromatic rings. The van der Waals surface area contributed by atoms with Crippen LogP contribution in [0.2, 0.25) is 5.02 Å². The lowest BCUT2D eigenvalue weighted by Crippen LogP contribution is -2.36. The highest BCUT2D eigenvalue weighted by atomic mass is 35.5. The monoisotopic (exact) mass is 497 g/mol. The van der Waals surface area contributed by atoms with Gasteiger partial charge in [0.15, 0.2) is 0 Å². The number of hydrogen-bond acceptors (Lipinski definition) is 5. The van der Waals surface area contributed by atoms with Crippen molar-refractivity contribution in [2.24, 2.45) is 5.92 Å². The first-order valence-corrected chi connectivity index (χ1v) is 13.0. The summed E-state index contributed by atoms with van der Waals surface area (Å²) >= 11 is 6.13. The number of aromatic nitrogens is 2. The van der Waals surface area contributed by atoms with Crippen molar-refractivity contribution in [2.75, 3.05) is 26.3 Å². The first kappa shape index (κ1) is 25.7. The van der Waals surface area contributed by atoms with Gasteiger partial charge in [-0.3, -0.25) is 4.90 Å². The van der Waals surface area contributed by atoms with Crippen LogP contribution in [0.4, 0.5) is 0 Å². The van der Waals surface area contributed by atoms with E-state index in [2.05, 4.69) is 11.8 Å². The maximum absolute atomic E-state index is 10.7. The lowest BCUT2D eigenvalue weighted by Gasteiger charge is -2.25. The lowest BCUT2D eigenvalue weighted by molar-refractivity contribution is 0.0134. The molecule has 1 unspecified atom stereocenters. The van der Waals surface area contributed by atoms with Crippen molar-refractivity contribution in [1.29, 1.82) is 0 Å². The predicted octanol–water partition coefficient (Wildman–Crippen LogP) is 6.02. The summed E-state index contributed by atoms with van der Waals surface area (Å²) in [6, 6.07) is 17.4. The molecule has 1 atom stereocenters. The van der Waals surface area contributed by atoms with Crippen LogP contribution in [-0.2, 0) is 11.3 Å². The van der Waals surface area contributed by atoms with E-state index in [1.165, 1.54) is 12.8 Å². The average molecular weight is 498 g/mol. The van der Waals surface area contributed by atoms with Crippen molar-refractivity contribution >= 4 is 11.6 Å². The Bertz CT molecular complexity index is 1050. The minimum Gasteiger partial charge on any atom is -0.439 e. The molecule has 6 nitrogen and oxygen atoms in total. The Hall–Kier alpha value is -2.38. The predicted molar refractivity (Wildman–Crippen MR) is 140 cm³/mol. The molecular formula is C28H36ClN3O3. The van der Waals surface area contributed by atoms with Gasteiger partial charge in [0, 0.05) is 31.3 Å². The van der Waals surface area contributed by atoms with Crippen LogP contribution < -0.4 is 4.74 Å². The van der Waals surface area contributed by atoms with Gasteiger partial charge in [-0.25, -0.2) is 4.68 Å². The van der Waals surface area contributed by atoms with Crippen molar-refractivity contribution < 1.29 is 14.6 Å². The van der Waals surface area contributed by atoms with Crippen LogP contribution in [0.15, 0.2) is 54.6 Å². The minimum atomic E-state index is -0.532. The van der Waals surface area contributed by atoms with Gasteiger partial charge in [-0.1, -0.05) is 43.1 Å². The van der Waals surface area contributed by atoms with Crippen molar-refractivity contribution in [1.82, 2.24) is 14.7 Å². The van der Waals surface area contributed by atoms with Gasteiger partial charge in [-0.15, -0.1) is 0 Å². The number of aryl methyl sites for hydroxylation is 1. The Morgan fingerprint density at radius 1 is 1.14 bits per heavy atom. The Labute approximate surface area is 213 Å². The maximum atomic E-state index is 10.7.